The molecule has 0 aliphatic heterocycles. The van der Waals surface area contributed by atoms with Crippen LogP contribution in [0.2, 0.25) is 0 Å². The van der Waals surface area contributed by atoms with Gasteiger partial charge in [0.2, 0.25) is 0 Å². The van der Waals surface area contributed by atoms with Crippen molar-refractivity contribution >= 4 is 67.2 Å². The molecule has 1 aliphatic carbocycles. The predicted molar refractivity (Wildman–Crippen MR) is 224 cm³/mol. The van der Waals surface area contributed by atoms with E-state index in [0.717, 1.165) is 46.5 Å². The summed E-state index contributed by atoms with van der Waals surface area (Å²) in [5.41, 5.74) is 17.2. The zero-order valence-electron chi connectivity index (χ0n) is 29.6. The molecule has 0 saturated heterocycles. The molecule has 252 valence electrons. The van der Waals surface area contributed by atoms with Gasteiger partial charge in [-0.25, -0.2) is 0 Å². The van der Waals surface area contributed by atoms with Crippen molar-refractivity contribution in [2.45, 2.75) is 19.8 Å². The molecule has 0 bridgehead atoms. The second-order valence-electron chi connectivity index (χ2n) is 13.9. The third-order valence-corrected chi connectivity index (χ3v) is 10.9. The molecule has 3 nitrogen and oxygen atoms in total. The second-order valence-corrected chi connectivity index (χ2v) is 13.9. The molecule has 10 rings (SSSR count). The number of para-hydroxylation sites is 2. The first-order valence-electron chi connectivity index (χ1n) is 18.2. The van der Waals surface area contributed by atoms with E-state index >= 15 is 0 Å². The average molecular weight is 681 g/mol. The van der Waals surface area contributed by atoms with Gasteiger partial charge in [-0.2, -0.15) is 0 Å². The lowest BCUT2D eigenvalue weighted by atomic mass is 9.96. The zero-order chi connectivity index (χ0) is 35.6. The summed E-state index contributed by atoms with van der Waals surface area (Å²) in [6, 6.07) is 46.3. The van der Waals surface area contributed by atoms with Crippen molar-refractivity contribution in [3.05, 3.63) is 181 Å². The van der Waals surface area contributed by atoms with Crippen LogP contribution in [0.5, 0.6) is 0 Å². The number of rotatable bonds is 5. The summed E-state index contributed by atoms with van der Waals surface area (Å²) in [6.07, 6.45) is 10.3. The Bertz CT molecular complexity index is 3080. The molecule has 3 heteroatoms. The van der Waals surface area contributed by atoms with Crippen molar-refractivity contribution in [1.82, 2.24) is 8.97 Å². The highest BCUT2D eigenvalue weighted by molar-refractivity contribution is 6.18. The Kier molecular flexibility index (Phi) is 7.11. The van der Waals surface area contributed by atoms with Gasteiger partial charge >= 0.3 is 0 Å². The van der Waals surface area contributed by atoms with Crippen LogP contribution in [0.15, 0.2) is 157 Å². The van der Waals surface area contributed by atoms with E-state index in [1.165, 1.54) is 65.9 Å². The van der Waals surface area contributed by atoms with Crippen LogP contribution in [0.1, 0.15) is 34.8 Å². The maximum atomic E-state index is 6.40. The van der Waals surface area contributed by atoms with Crippen molar-refractivity contribution in [2.24, 2.45) is 0 Å². The molecule has 0 radical (unpaired) electrons. The topological polar surface area (TPSA) is 22.5 Å². The van der Waals surface area contributed by atoms with Crippen LogP contribution in [-0.4, -0.2) is 8.97 Å². The largest absolute Gasteiger partial charge is 0.460 e. The summed E-state index contributed by atoms with van der Waals surface area (Å²) < 4.78 is 11.3. The first kappa shape index (κ1) is 31.0. The fraction of sp³-hybridized carbons (Fsp3) is 0.0600. The van der Waals surface area contributed by atoms with E-state index in [2.05, 4.69) is 149 Å². The van der Waals surface area contributed by atoms with Gasteiger partial charge in [0.25, 0.3) is 0 Å². The van der Waals surface area contributed by atoms with Crippen molar-refractivity contribution in [3.63, 3.8) is 0 Å². The van der Waals surface area contributed by atoms with Gasteiger partial charge in [-0.3, -0.25) is 0 Å². The molecule has 0 fully saturated rings. The number of fused-ring (bicyclic) bond motifs is 9. The molecule has 0 spiro atoms. The van der Waals surface area contributed by atoms with Gasteiger partial charge in [0.15, 0.2) is 0 Å². The molecule has 0 atom stereocenters. The van der Waals surface area contributed by atoms with Gasteiger partial charge in [0, 0.05) is 61.1 Å². The van der Waals surface area contributed by atoms with E-state index in [4.69, 9.17) is 4.42 Å². The Morgan fingerprint density at radius 3 is 2.17 bits per heavy atom. The lowest BCUT2D eigenvalue weighted by Gasteiger charge is -2.11. The maximum Gasteiger partial charge on any atom is 0.141 e. The molecule has 1 aliphatic rings. The molecule has 0 amide bonds. The fourth-order valence-electron chi connectivity index (χ4n) is 8.56. The van der Waals surface area contributed by atoms with Gasteiger partial charge in [0.1, 0.15) is 11.5 Å². The molecule has 4 heterocycles. The Labute approximate surface area is 308 Å². The average Bonchev–Trinajstić information content (AvgIpc) is 3.85. The minimum absolute atomic E-state index is 0.661. The molecule has 4 aromatic heterocycles. The molecular formula is C50H36N2O. The zero-order valence-corrected chi connectivity index (χ0v) is 29.6. The van der Waals surface area contributed by atoms with Crippen LogP contribution in [0.3, 0.4) is 0 Å². The van der Waals surface area contributed by atoms with Gasteiger partial charge in [-0.05, 0) is 85.0 Å². The molecule has 0 N–H and O–H groups in total. The molecule has 9 aromatic rings. The standard InChI is InChI=1S/C50H36N2O/c1-4-14-49-33(5-2)15-6-7-16-38(32(3)53-49)35-25-28-48-42(29-35)39-17-8-11-20-45(39)51(48)37-26-23-34(24-27-37)36-30-43-40-18-9-12-21-46(40)52-47-22-13-10-19-41(47)44(31-36)50(43)52/h5-12,14-21,23-31H,1-2,13,22H2,3H3. The Hall–Kier alpha value is -6.80. The SMILES string of the molecule is C=C=Cc1oc(C)c(-c2ccc3c(c2)c2ccccc2n3-c2ccc(-c3cc4c5c(n6c7ccccc7c(c3)c46)CCC=C5)cc2)ccccc1C=C. The van der Waals surface area contributed by atoms with Crippen LogP contribution in [0.4, 0.5) is 0 Å². The highest BCUT2D eigenvalue weighted by Crippen LogP contribution is 2.43. The number of benzene rings is 5. The van der Waals surface area contributed by atoms with Gasteiger partial charge in [-0.15, -0.1) is 5.73 Å². The highest BCUT2D eigenvalue weighted by atomic mass is 16.3. The summed E-state index contributed by atoms with van der Waals surface area (Å²) in [5, 5.41) is 6.38. The number of aryl methyl sites for hydroxylation is 2. The van der Waals surface area contributed by atoms with E-state index in [9.17, 15) is 0 Å². The van der Waals surface area contributed by atoms with Crippen molar-refractivity contribution in [3.8, 4) is 27.9 Å². The van der Waals surface area contributed by atoms with Crippen molar-refractivity contribution < 1.29 is 4.42 Å². The second kappa shape index (κ2) is 12.2. The monoisotopic (exact) mass is 680 g/mol. The molecule has 0 unspecified atom stereocenters. The van der Waals surface area contributed by atoms with Gasteiger partial charge in [-0.1, -0.05) is 110 Å². The first-order valence-corrected chi connectivity index (χ1v) is 18.2. The van der Waals surface area contributed by atoms with Crippen LogP contribution < -0.4 is 0 Å². The minimum atomic E-state index is 0.661. The summed E-state index contributed by atoms with van der Waals surface area (Å²) in [6.45, 7) is 9.73. The summed E-state index contributed by atoms with van der Waals surface area (Å²) in [5.74, 6) is 1.45. The normalized spacial score (nSPS) is 12.5. The van der Waals surface area contributed by atoms with Crippen LogP contribution in [-0.2, 0) is 6.42 Å². The number of nitrogens with zero attached hydrogens (tertiary/aromatic N) is 2. The lowest BCUT2D eigenvalue weighted by Crippen LogP contribution is -1.96. The number of aromatic nitrogens is 2. The number of hydrogen-bond donors (Lipinski definition) is 0. The first-order chi connectivity index (χ1) is 26.1. The van der Waals surface area contributed by atoms with Crippen LogP contribution in [0.25, 0.3) is 95.2 Å². The lowest BCUT2D eigenvalue weighted by molar-refractivity contribution is 0.512. The third-order valence-electron chi connectivity index (χ3n) is 10.9. The van der Waals surface area contributed by atoms with Gasteiger partial charge < -0.3 is 13.4 Å². The summed E-state index contributed by atoms with van der Waals surface area (Å²) in [7, 11) is 0. The minimum Gasteiger partial charge on any atom is -0.460 e. The van der Waals surface area contributed by atoms with Crippen molar-refractivity contribution in [1.29, 1.82) is 0 Å². The van der Waals surface area contributed by atoms with E-state index < -0.39 is 0 Å². The smallest absolute Gasteiger partial charge is 0.141 e. The maximum absolute atomic E-state index is 6.40. The van der Waals surface area contributed by atoms with E-state index in [0.29, 0.717) is 5.76 Å². The quantitative estimate of drug-likeness (QED) is 0.166. The highest BCUT2D eigenvalue weighted by Gasteiger charge is 2.23. The number of allylic oxidation sites excluding steroid dienone is 1. The number of hydrogen-bond acceptors (Lipinski definition) is 1. The van der Waals surface area contributed by atoms with Crippen molar-refractivity contribution in [2.75, 3.05) is 0 Å². The molecule has 53 heavy (non-hydrogen) atoms. The third kappa shape index (κ3) is 4.75. The summed E-state index contributed by atoms with van der Waals surface area (Å²) in [4.78, 5) is 0. The molecule has 0 saturated carbocycles. The molecular weight excluding hydrogens is 645 g/mol. The Balaban J connectivity index is 1.11. The Morgan fingerprint density at radius 1 is 0.679 bits per heavy atom. The fourth-order valence-corrected chi connectivity index (χ4v) is 8.56. The van der Waals surface area contributed by atoms with Crippen LogP contribution >= 0.6 is 0 Å². The van der Waals surface area contributed by atoms with E-state index in [1.54, 1.807) is 12.2 Å². The van der Waals surface area contributed by atoms with E-state index in [1.807, 2.05) is 25.1 Å². The predicted octanol–water partition coefficient (Wildman–Crippen LogP) is 13.5. The van der Waals surface area contributed by atoms with Gasteiger partial charge in [0.05, 0.1) is 22.1 Å². The summed E-state index contributed by atoms with van der Waals surface area (Å²) >= 11 is 0. The molecule has 5 aromatic carbocycles. The van der Waals surface area contributed by atoms with Crippen LogP contribution in [0, 0.1) is 6.92 Å². The Morgan fingerprint density at radius 2 is 1.36 bits per heavy atom. The van der Waals surface area contributed by atoms with E-state index in [-0.39, 0.29) is 0 Å².